The van der Waals surface area contributed by atoms with Crippen molar-refractivity contribution in [1.82, 2.24) is 21.1 Å². The first-order valence-corrected chi connectivity index (χ1v) is 9.24. The Morgan fingerprint density at radius 3 is 2.70 bits per heavy atom. The second kappa shape index (κ2) is 7.29. The number of ether oxygens (including phenoxy) is 1. The van der Waals surface area contributed by atoms with Crippen molar-refractivity contribution < 1.29 is 22.7 Å². The van der Waals surface area contributed by atoms with Crippen LogP contribution < -0.4 is 20.9 Å². The molecule has 0 aromatic heterocycles. The molecule has 27 heavy (non-hydrogen) atoms. The van der Waals surface area contributed by atoms with E-state index in [1.807, 2.05) is 18.2 Å². The molecule has 3 aliphatic heterocycles. The average Bonchev–Trinajstić information content (AvgIpc) is 3.04. The molecule has 2 saturated heterocycles. The van der Waals surface area contributed by atoms with E-state index in [9.17, 15) is 18.0 Å². The standard InChI is InChI=1S/C18H23F3N4O2/c19-18(20,21)16-15(8-23-24-17(16)26)25-9-11-3-4-13(6-12(11)10-25)27-14-2-1-5-22-7-14/h3-4,6,14-16,22-23H,1-2,5,7-10H2,(H,24,26). The van der Waals surface area contributed by atoms with Crippen LogP contribution in [0.5, 0.6) is 5.75 Å². The van der Waals surface area contributed by atoms with E-state index in [2.05, 4.69) is 16.2 Å². The molecule has 1 aromatic rings. The summed E-state index contributed by atoms with van der Waals surface area (Å²) in [4.78, 5) is 13.5. The number of rotatable bonds is 3. The molecule has 3 unspecified atom stereocenters. The van der Waals surface area contributed by atoms with Gasteiger partial charge in [-0.3, -0.25) is 15.1 Å². The monoisotopic (exact) mass is 384 g/mol. The maximum absolute atomic E-state index is 13.4. The quantitative estimate of drug-likeness (QED) is 0.734. The molecule has 3 N–H and O–H groups in total. The highest BCUT2D eigenvalue weighted by Crippen LogP contribution is 2.36. The topological polar surface area (TPSA) is 65.6 Å². The largest absolute Gasteiger partial charge is 0.489 e. The molecular formula is C18H23F3N4O2. The summed E-state index contributed by atoms with van der Waals surface area (Å²) in [6, 6.07) is 4.78. The summed E-state index contributed by atoms with van der Waals surface area (Å²) >= 11 is 0. The Kier molecular flexibility index (Phi) is 5.00. The van der Waals surface area contributed by atoms with Gasteiger partial charge in [-0.05, 0) is 42.6 Å². The number of amides is 1. The van der Waals surface area contributed by atoms with Gasteiger partial charge in [0.2, 0.25) is 5.91 Å². The SMILES string of the molecule is O=C1NNCC(N2Cc3ccc(OC4CCCNC4)cc3C2)C1C(F)(F)F. The number of carbonyl (C=O) groups excluding carboxylic acids is 1. The predicted octanol–water partition coefficient (Wildman–Crippen LogP) is 1.31. The lowest BCUT2D eigenvalue weighted by Gasteiger charge is -2.38. The molecule has 9 heteroatoms. The number of hydrazine groups is 1. The van der Waals surface area contributed by atoms with Crippen molar-refractivity contribution in [2.45, 2.75) is 44.3 Å². The number of nitrogens with one attached hydrogen (secondary N) is 3. The first-order valence-electron chi connectivity index (χ1n) is 9.24. The van der Waals surface area contributed by atoms with Crippen molar-refractivity contribution in [2.75, 3.05) is 19.6 Å². The van der Waals surface area contributed by atoms with E-state index in [4.69, 9.17) is 4.74 Å². The number of fused-ring (bicyclic) bond motifs is 1. The van der Waals surface area contributed by atoms with Crippen LogP contribution in [-0.2, 0) is 17.9 Å². The number of piperidine rings is 1. The zero-order chi connectivity index (χ0) is 19.0. The van der Waals surface area contributed by atoms with E-state index >= 15 is 0 Å². The van der Waals surface area contributed by atoms with Crippen molar-refractivity contribution in [3.63, 3.8) is 0 Å². The van der Waals surface area contributed by atoms with Gasteiger partial charge in [0.1, 0.15) is 11.9 Å². The van der Waals surface area contributed by atoms with Crippen molar-refractivity contribution in [2.24, 2.45) is 5.92 Å². The van der Waals surface area contributed by atoms with Crippen molar-refractivity contribution in [3.05, 3.63) is 29.3 Å². The maximum atomic E-state index is 13.4. The van der Waals surface area contributed by atoms with Gasteiger partial charge >= 0.3 is 6.18 Å². The molecule has 0 aliphatic carbocycles. The number of benzene rings is 1. The number of alkyl halides is 3. The van der Waals surface area contributed by atoms with Gasteiger partial charge in [-0.1, -0.05) is 6.07 Å². The number of hydrogen-bond acceptors (Lipinski definition) is 5. The lowest BCUT2D eigenvalue weighted by Crippen LogP contribution is -2.63. The van der Waals surface area contributed by atoms with E-state index in [0.717, 1.165) is 42.8 Å². The molecule has 148 valence electrons. The summed E-state index contributed by atoms with van der Waals surface area (Å²) in [6.45, 7) is 2.64. The van der Waals surface area contributed by atoms with Crippen LogP contribution in [0.4, 0.5) is 13.2 Å². The number of halogens is 3. The molecule has 2 fully saturated rings. The summed E-state index contributed by atoms with van der Waals surface area (Å²) in [5.41, 5.74) is 6.63. The fourth-order valence-electron chi connectivity index (χ4n) is 4.14. The summed E-state index contributed by atoms with van der Waals surface area (Å²) < 4.78 is 46.2. The van der Waals surface area contributed by atoms with Gasteiger partial charge in [-0.2, -0.15) is 13.2 Å². The third-order valence-electron chi connectivity index (χ3n) is 5.49. The first kappa shape index (κ1) is 18.5. The van der Waals surface area contributed by atoms with Crippen molar-refractivity contribution >= 4 is 5.91 Å². The highest BCUT2D eigenvalue weighted by atomic mass is 19.4. The second-order valence-corrected chi connectivity index (χ2v) is 7.38. The molecule has 1 aromatic carbocycles. The fraction of sp³-hybridized carbons (Fsp3) is 0.611. The summed E-state index contributed by atoms with van der Waals surface area (Å²) in [6.07, 6.45) is -2.39. The molecule has 0 saturated carbocycles. The van der Waals surface area contributed by atoms with Gasteiger partial charge in [0.15, 0.2) is 5.92 Å². The Morgan fingerprint density at radius 2 is 1.96 bits per heavy atom. The van der Waals surface area contributed by atoms with Crippen LogP contribution in [0.1, 0.15) is 24.0 Å². The van der Waals surface area contributed by atoms with Crippen LogP contribution >= 0.6 is 0 Å². The Morgan fingerprint density at radius 1 is 1.15 bits per heavy atom. The highest BCUT2D eigenvalue weighted by molar-refractivity contribution is 5.80. The Hall–Kier alpha value is -1.84. The molecule has 0 spiro atoms. The Bertz CT molecular complexity index is 706. The maximum Gasteiger partial charge on any atom is 0.402 e. The Balaban J connectivity index is 1.47. The van der Waals surface area contributed by atoms with E-state index in [0.29, 0.717) is 13.1 Å². The Labute approximate surface area is 155 Å². The van der Waals surface area contributed by atoms with E-state index in [-0.39, 0.29) is 12.6 Å². The molecular weight excluding hydrogens is 361 g/mol. The van der Waals surface area contributed by atoms with E-state index in [1.165, 1.54) is 0 Å². The van der Waals surface area contributed by atoms with Crippen LogP contribution in [0.2, 0.25) is 0 Å². The van der Waals surface area contributed by atoms with Gasteiger partial charge < -0.3 is 10.1 Å². The molecule has 0 bridgehead atoms. The van der Waals surface area contributed by atoms with Crippen LogP contribution in [-0.4, -0.2) is 48.8 Å². The van der Waals surface area contributed by atoms with Crippen molar-refractivity contribution in [3.8, 4) is 5.75 Å². The van der Waals surface area contributed by atoms with Gasteiger partial charge in [0, 0.05) is 32.2 Å². The lowest BCUT2D eigenvalue weighted by atomic mass is 9.95. The lowest BCUT2D eigenvalue weighted by molar-refractivity contribution is -0.201. The van der Waals surface area contributed by atoms with Gasteiger partial charge in [0.25, 0.3) is 0 Å². The first-order chi connectivity index (χ1) is 12.9. The van der Waals surface area contributed by atoms with Crippen LogP contribution in [0.15, 0.2) is 18.2 Å². The van der Waals surface area contributed by atoms with E-state index < -0.39 is 24.0 Å². The number of carbonyl (C=O) groups is 1. The minimum absolute atomic E-state index is 0.0566. The van der Waals surface area contributed by atoms with Gasteiger partial charge in [-0.25, -0.2) is 5.43 Å². The van der Waals surface area contributed by atoms with Crippen LogP contribution in [0.3, 0.4) is 0 Å². The zero-order valence-corrected chi connectivity index (χ0v) is 14.8. The predicted molar refractivity (Wildman–Crippen MR) is 91.7 cm³/mol. The summed E-state index contributed by atoms with van der Waals surface area (Å²) in [5, 5.41) is 3.30. The van der Waals surface area contributed by atoms with Crippen LogP contribution in [0.25, 0.3) is 0 Å². The molecule has 3 atom stereocenters. The molecule has 1 amide bonds. The molecule has 3 heterocycles. The second-order valence-electron chi connectivity index (χ2n) is 7.38. The van der Waals surface area contributed by atoms with Gasteiger partial charge in [-0.15, -0.1) is 0 Å². The molecule has 6 nitrogen and oxygen atoms in total. The zero-order valence-electron chi connectivity index (χ0n) is 14.8. The molecule has 0 radical (unpaired) electrons. The number of nitrogens with zero attached hydrogens (tertiary/aromatic N) is 1. The van der Waals surface area contributed by atoms with E-state index in [1.54, 1.807) is 4.90 Å². The molecule has 3 aliphatic rings. The fourth-order valence-corrected chi connectivity index (χ4v) is 4.14. The normalized spacial score (nSPS) is 29.3. The summed E-state index contributed by atoms with van der Waals surface area (Å²) in [5.74, 6) is -2.31. The minimum atomic E-state index is -4.58. The highest BCUT2D eigenvalue weighted by Gasteiger charge is 2.53. The van der Waals surface area contributed by atoms with Crippen LogP contribution in [0, 0.1) is 5.92 Å². The van der Waals surface area contributed by atoms with Gasteiger partial charge in [0.05, 0.1) is 0 Å². The number of hydrogen-bond donors (Lipinski definition) is 3. The molecule has 4 rings (SSSR count). The smallest absolute Gasteiger partial charge is 0.402 e. The van der Waals surface area contributed by atoms with Crippen molar-refractivity contribution in [1.29, 1.82) is 0 Å². The summed E-state index contributed by atoms with van der Waals surface area (Å²) in [7, 11) is 0. The third-order valence-corrected chi connectivity index (χ3v) is 5.49. The average molecular weight is 384 g/mol. The minimum Gasteiger partial charge on any atom is -0.489 e. The third kappa shape index (κ3) is 3.90.